The predicted molar refractivity (Wildman–Crippen MR) is 156 cm³/mol. The van der Waals surface area contributed by atoms with Gasteiger partial charge in [-0.1, -0.05) is 89.1 Å². The van der Waals surface area contributed by atoms with Gasteiger partial charge in [-0.15, -0.1) is 10.2 Å². The molecule has 5 rings (SSSR count). The molecule has 9 heteroatoms. The summed E-state index contributed by atoms with van der Waals surface area (Å²) in [5.74, 6) is 0.741. The van der Waals surface area contributed by atoms with Crippen LogP contribution in [0.3, 0.4) is 0 Å². The van der Waals surface area contributed by atoms with E-state index in [1.54, 1.807) is 12.1 Å². The van der Waals surface area contributed by atoms with Crippen LogP contribution < -0.4 is 5.32 Å². The molecule has 1 N–H and O–H groups in total. The Morgan fingerprint density at radius 3 is 2.66 bits per heavy atom. The smallest absolute Gasteiger partial charge is 0.220 e. The highest BCUT2D eigenvalue weighted by molar-refractivity contribution is 7.99. The van der Waals surface area contributed by atoms with Gasteiger partial charge in [0.05, 0.1) is 5.52 Å². The van der Waals surface area contributed by atoms with Gasteiger partial charge in [0.2, 0.25) is 11.1 Å². The van der Waals surface area contributed by atoms with Crippen LogP contribution in [0.4, 0.5) is 0 Å². The van der Waals surface area contributed by atoms with Crippen molar-refractivity contribution in [3.05, 3.63) is 93.5 Å². The fourth-order valence-corrected chi connectivity index (χ4v) is 5.56. The summed E-state index contributed by atoms with van der Waals surface area (Å²) in [5.41, 5.74) is 6.11. The number of thioether (sulfide) groups is 1. The molecule has 38 heavy (non-hydrogen) atoms. The van der Waals surface area contributed by atoms with Crippen molar-refractivity contribution in [3.8, 4) is 0 Å². The number of benzene rings is 3. The second kappa shape index (κ2) is 12.2. The Balaban J connectivity index is 1.19. The van der Waals surface area contributed by atoms with Crippen LogP contribution in [0, 0.1) is 6.92 Å². The first kappa shape index (κ1) is 26.5. The number of fused-ring (bicyclic) bond motifs is 3. The van der Waals surface area contributed by atoms with E-state index in [2.05, 4.69) is 63.4 Å². The molecule has 5 aromatic rings. The van der Waals surface area contributed by atoms with Crippen molar-refractivity contribution < 1.29 is 4.79 Å². The highest BCUT2D eigenvalue weighted by atomic mass is 35.5. The summed E-state index contributed by atoms with van der Waals surface area (Å²) in [5, 5.41) is 14.7. The molecule has 0 bridgehead atoms. The van der Waals surface area contributed by atoms with Gasteiger partial charge in [-0.3, -0.25) is 4.79 Å². The number of hydrogen-bond acceptors (Lipinski definition) is 5. The maximum absolute atomic E-state index is 12.3. The van der Waals surface area contributed by atoms with Gasteiger partial charge in [0.25, 0.3) is 0 Å². The summed E-state index contributed by atoms with van der Waals surface area (Å²) in [7, 11) is 0. The summed E-state index contributed by atoms with van der Waals surface area (Å²) in [4.78, 5) is 17.1. The van der Waals surface area contributed by atoms with Crippen molar-refractivity contribution in [2.24, 2.45) is 0 Å². The molecule has 0 aliphatic heterocycles. The Labute approximate surface area is 235 Å². The van der Waals surface area contributed by atoms with Gasteiger partial charge in [0.15, 0.2) is 5.65 Å². The minimum absolute atomic E-state index is 0.0170. The number of carbonyl (C=O) groups is 1. The van der Waals surface area contributed by atoms with Gasteiger partial charge < -0.3 is 9.88 Å². The number of nitrogens with one attached hydrogen (secondary N) is 1. The summed E-state index contributed by atoms with van der Waals surface area (Å²) in [6, 6.07) is 22.2. The van der Waals surface area contributed by atoms with Crippen molar-refractivity contribution in [2.45, 2.75) is 37.9 Å². The van der Waals surface area contributed by atoms with Crippen molar-refractivity contribution in [1.82, 2.24) is 25.1 Å². The van der Waals surface area contributed by atoms with Crippen LogP contribution in [-0.4, -0.2) is 38.0 Å². The molecule has 2 aromatic heterocycles. The SMILES string of the molecule is Cc1ccc(Cn2c3ccccc3c3nnc(SCCCC(=O)NCCc4ccc(Cl)cc4Cl)nc32)cc1. The Bertz CT molecular complexity index is 1590. The van der Waals surface area contributed by atoms with Gasteiger partial charge >= 0.3 is 0 Å². The highest BCUT2D eigenvalue weighted by Crippen LogP contribution is 2.28. The van der Waals surface area contributed by atoms with Crippen LogP contribution in [0.5, 0.6) is 0 Å². The van der Waals surface area contributed by atoms with E-state index in [1.807, 2.05) is 18.2 Å². The largest absolute Gasteiger partial charge is 0.356 e. The second-order valence-electron chi connectivity index (χ2n) is 9.14. The van der Waals surface area contributed by atoms with Gasteiger partial charge in [-0.25, -0.2) is 4.98 Å². The van der Waals surface area contributed by atoms with Crippen LogP contribution in [0.1, 0.15) is 29.5 Å². The quantitative estimate of drug-likeness (QED) is 0.148. The molecule has 0 fully saturated rings. The zero-order valence-electron chi connectivity index (χ0n) is 21.0. The number of nitrogens with zero attached hydrogens (tertiary/aromatic N) is 4. The third-order valence-corrected chi connectivity index (χ3v) is 7.84. The molecule has 0 aliphatic carbocycles. The molecule has 0 saturated heterocycles. The molecule has 0 saturated carbocycles. The van der Waals surface area contributed by atoms with Crippen LogP contribution >= 0.6 is 35.0 Å². The zero-order chi connectivity index (χ0) is 26.5. The lowest BCUT2D eigenvalue weighted by Crippen LogP contribution is -2.25. The van der Waals surface area contributed by atoms with Crippen molar-refractivity contribution >= 4 is 62.9 Å². The van der Waals surface area contributed by atoms with Crippen LogP contribution in [0.25, 0.3) is 22.1 Å². The van der Waals surface area contributed by atoms with E-state index in [9.17, 15) is 4.79 Å². The molecule has 6 nitrogen and oxygen atoms in total. The summed E-state index contributed by atoms with van der Waals surface area (Å²) in [6.45, 7) is 3.32. The highest BCUT2D eigenvalue weighted by Gasteiger charge is 2.15. The van der Waals surface area contributed by atoms with Gasteiger partial charge in [0, 0.05) is 40.7 Å². The fraction of sp³-hybridized carbons (Fsp3) is 0.241. The van der Waals surface area contributed by atoms with Crippen molar-refractivity contribution in [2.75, 3.05) is 12.3 Å². The lowest BCUT2D eigenvalue weighted by atomic mass is 10.1. The molecule has 194 valence electrons. The van der Waals surface area contributed by atoms with Crippen molar-refractivity contribution in [3.63, 3.8) is 0 Å². The average molecular weight is 565 g/mol. The summed E-state index contributed by atoms with van der Waals surface area (Å²) in [6.07, 6.45) is 1.81. The zero-order valence-corrected chi connectivity index (χ0v) is 23.3. The Morgan fingerprint density at radius 1 is 1.03 bits per heavy atom. The number of amides is 1. The maximum atomic E-state index is 12.3. The first-order valence-electron chi connectivity index (χ1n) is 12.5. The van der Waals surface area contributed by atoms with Crippen LogP contribution in [-0.2, 0) is 17.8 Å². The molecule has 0 atom stereocenters. The first-order chi connectivity index (χ1) is 18.5. The van der Waals surface area contributed by atoms with E-state index in [4.69, 9.17) is 28.2 Å². The third kappa shape index (κ3) is 6.29. The average Bonchev–Trinajstić information content (AvgIpc) is 3.22. The molecule has 0 spiro atoms. The number of aryl methyl sites for hydroxylation is 1. The van der Waals surface area contributed by atoms with Crippen molar-refractivity contribution in [1.29, 1.82) is 0 Å². The second-order valence-corrected chi connectivity index (χ2v) is 11.0. The molecule has 1 amide bonds. The first-order valence-corrected chi connectivity index (χ1v) is 14.2. The minimum atomic E-state index is 0.0170. The number of aromatic nitrogens is 4. The summed E-state index contributed by atoms with van der Waals surface area (Å²) < 4.78 is 2.20. The predicted octanol–water partition coefficient (Wildman–Crippen LogP) is 6.87. The van der Waals surface area contributed by atoms with Crippen LogP contribution in [0.15, 0.2) is 71.9 Å². The number of carbonyl (C=O) groups excluding carboxylic acids is 1. The van der Waals surface area contributed by atoms with E-state index in [0.717, 1.165) is 33.4 Å². The molecule has 0 radical (unpaired) electrons. The number of halogens is 2. The lowest BCUT2D eigenvalue weighted by Gasteiger charge is -2.08. The maximum Gasteiger partial charge on any atom is 0.220 e. The van der Waals surface area contributed by atoms with E-state index < -0.39 is 0 Å². The van der Waals surface area contributed by atoms with E-state index in [1.165, 1.54) is 22.9 Å². The van der Waals surface area contributed by atoms with Crippen LogP contribution in [0.2, 0.25) is 10.0 Å². The molecular weight excluding hydrogens is 537 g/mol. The van der Waals surface area contributed by atoms with E-state index >= 15 is 0 Å². The van der Waals surface area contributed by atoms with Gasteiger partial charge in [0.1, 0.15) is 5.52 Å². The molecule has 2 heterocycles. The molecule has 0 aliphatic rings. The molecular formula is C29H27Cl2N5OS. The van der Waals surface area contributed by atoms with E-state index in [0.29, 0.717) is 47.6 Å². The Kier molecular flexibility index (Phi) is 8.47. The van der Waals surface area contributed by atoms with Gasteiger partial charge in [-0.2, -0.15) is 0 Å². The standard InChI is InChI=1S/C29H27Cl2N5OS/c1-19-8-10-20(11-9-19)18-36-25-6-3-2-5-23(25)27-28(36)33-29(35-34-27)38-16-4-7-26(37)32-15-14-21-12-13-22(30)17-24(21)31/h2-3,5-6,8-13,17H,4,7,14-16,18H2,1H3,(H,32,37). The topological polar surface area (TPSA) is 72.7 Å². The third-order valence-electron chi connectivity index (χ3n) is 6.33. The lowest BCUT2D eigenvalue weighted by molar-refractivity contribution is -0.121. The van der Waals surface area contributed by atoms with E-state index in [-0.39, 0.29) is 5.91 Å². The number of para-hydroxylation sites is 1. The molecule has 3 aromatic carbocycles. The van der Waals surface area contributed by atoms with Gasteiger partial charge in [-0.05, 0) is 49.1 Å². The summed E-state index contributed by atoms with van der Waals surface area (Å²) >= 11 is 13.7. The molecule has 0 unspecified atom stereocenters. The minimum Gasteiger partial charge on any atom is -0.356 e. The fourth-order valence-electron chi connectivity index (χ4n) is 4.33. The number of rotatable bonds is 10. The Hall–Kier alpha value is -3.13. The number of hydrogen-bond donors (Lipinski definition) is 1. The normalized spacial score (nSPS) is 11.3. The Morgan fingerprint density at radius 2 is 1.84 bits per heavy atom. The monoisotopic (exact) mass is 563 g/mol.